The average Bonchev–Trinajstić information content (AvgIpc) is 3.04. The van der Waals surface area contributed by atoms with E-state index in [0.717, 1.165) is 36.8 Å². The molecule has 0 saturated carbocycles. The summed E-state index contributed by atoms with van der Waals surface area (Å²) in [6.07, 6.45) is 7.65. The lowest BCUT2D eigenvalue weighted by atomic mass is 9.95. The molecule has 1 aliphatic rings. The monoisotopic (exact) mass is 317 g/mol. The van der Waals surface area contributed by atoms with Gasteiger partial charge in [-0.15, -0.1) is 11.3 Å². The molecule has 2 aromatic heterocycles. The number of carbonyl (C=O) groups is 1. The SMILES string of the molecule is CCC(=O)N1CCCC(c2csc(Nc3cnccn3)n2)C1. The Labute approximate surface area is 133 Å². The van der Waals surface area contributed by atoms with Crippen molar-refractivity contribution in [3.05, 3.63) is 29.7 Å². The fourth-order valence-electron chi connectivity index (χ4n) is 2.67. The van der Waals surface area contributed by atoms with Crippen molar-refractivity contribution >= 4 is 28.2 Å². The highest BCUT2D eigenvalue weighted by Crippen LogP contribution is 2.30. The van der Waals surface area contributed by atoms with Crippen molar-refractivity contribution in [1.82, 2.24) is 19.9 Å². The molecule has 1 amide bonds. The number of amides is 1. The maximum Gasteiger partial charge on any atom is 0.222 e. The molecule has 22 heavy (non-hydrogen) atoms. The van der Waals surface area contributed by atoms with Gasteiger partial charge in [0.1, 0.15) is 0 Å². The molecule has 0 aliphatic carbocycles. The maximum absolute atomic E-state index is 11.9. The molecule has 3 rings (SSSR count). The van der Waals surface area contributed by atoms with E-state index in [-0.39, 0.29) is 5.91 Å². The Balaban J connectivity index is 1.67. The Hall–Kier alpha value is -2.02. The van der Waals surface area contributed by atoms with E-state index in [1.807, 2.05) is 11.8 Å². The van der Waals surface area contributed by atoms with E-state index >= 15 is 0 Å². The van der Waals surface area contributed by atoms with Crippen molar-refractivity contribution in [2.24, 2.45) is 0 Å². The van der Waals surface area contributed by atoms with E-state index in [1.54, 1.807) is 29.9 Å². The summed E-state index contributed by atoms with van der Waals surface area (Å²) in [6, 6.07) is 0. The lowest BCUT2D eigenvalue weighted by molar-refractivity contribution is -0.132. The minimum Gasteiger partial charge on any atom is -0.342 e. The first-order chi connectivity index (χ1) is 10.8. The number of rotatable bonds is 4. The Bertz CT molecular complexity index is 630. The van der Waals surface area contributed by atoms with Crippen LogP contribution in [0, 0.1) is 0 Å². The molecular weight excluding hydrogens is 298 g/mol. The lowest BCUT2D eigenvalue weighted by Gasteiger charge is -2.31. The third-order valence-corrected chi connectivity index (χ3v) is 4.59. The summed E-state index contributed by atoms with van der Waals surface area (Å²) in [4.78, 5) is 26.7. The second-order valence-electron chi connectivity index (χ2n) is 5.33. The Morgan fingerprint density at radius 3 is 3.18 bits per heavy atom. The molecular formula is C15H19N5OS. The molecule has 0 radical (unpaired) electrons. The molecule has 1 atom stereocenters. The molecule has 0 bridgehead atoms. The lowest BCUT2D eigenvalue weighted by Crippen LogP contribution is -2.38. The topological polar surface area (TPSA) is 71.0 Å². The highest BCUT2D eigenvalue weighted by Gasteiger charge is 2.25. The maximum atomic E-state index is 11.9. The van der Waals surface area contributed by atoms with Crippen molar-refractivity contribution in [2.45, 2.75) is 32.1 Å². The van der Waals surface area contributed by atoms with E-state index in [0.29, 0.717) is 18.2 Å². The Morgan fingerprint density at radius 1 is 1.50 bits per heavy atom. The van der Waals surface area contributed by atoms with Crippen LogP contribution in [0.3, 0.4) is 0 Å². The molecule has 0 aromatic carbocycles. The zero-order valence-corrected chi connectivity index (χ0v) is 13.3. The Kier molecular flexibility index (Phi) is 4.62. The molecule has 2 aromatic rings. The minimum atomic E-state index is 0.234. The van der Waals surface area contributed by atoms with Crippen LogP contribution in [0.1, 0.15) is 37.8 Å². The molecule has 1 saturated heterocycles. The summed E-state index contributed by atoms with van der Waals surface area (Å²) >= 11 is 1.56. The molecule has 3 heterocycles. The third kappa shape index (κ3) is 3.41. The Morgan fingerprint density at radius 2 is 2.41 bits per heavy atom. The number of carbonyl (C=O) groups excluding carboxylic acids is 1. The fraction of sp³-hybridized carbons (Fsp3) is 0.467. The van der Waals surface area contributed by atoms with Crippen LogP contribution in [-0.2, 0) is 4.79 Å². The predicted octanol–water partition coefficient (Wildman–Crippen LogP) is 2.79. The van der Waals surface area contributed by atoms with Gasteiger partial charge in [0.15, 0.2) is 10.9 Å². The molecule has 7 heteroatoms. The van der Waals surface area contributed by atoms with Gasteiger partial charge in [0.2, 0.25) is 5.91 Å². The first-order valence-electron chi connectivity index (χ1n) is 7.52. The molecule has 1 aliphatic heterocycles. The van der Waals surface area contributed by atoms with Gasteiger partial charge in [-0.1, -0.05) is 6.92 Å². The van der Waals surface area contributed by atoms with Crippen LogP contribution in [0.5, 0.6) is 0 Å². The normalized spacial score (nSPS) is 18.2. The second kappa shape index (κ2) is 6.83. The molecule has 1 fully saturated rings. The van der Waals surface area contributed by atoms with Crippen molar-refractivity contribution < 1.29 is 4.79 Å². The summed E-state index contributed by atoms with van der Waals surface area (Å²) in [5, 5.41) is 6.05. The summed E-state index contributed by atoms with van der Waals surface area (Å²) < 4.78 is 0. The molecule has 0 spiro atoms. The highest BCUT2D eigenvalue weighted by atomic mass is 32.1. The van der Waals surface area contributed by atoms with Gasteiger partial charge in [0, 0.05) is 43.2 Å². The van der Waals surface area contributed by atoms with Gasteiger partial charge in [0.25, 0.3) is 0 Å². The van der Waals surface area contributed by atoms with Crippen LogP contribution in [0.2, 0.25) is 0 Å². The molecule has 1 unspecified atom stereocenters. The molecule has 116 valence electrons. The van der Waals surface area contributed by atoms with Crippen molar-refractivity contribution in [2.75, 3.05) is 18.4 Å². The number of thiazole rings is 1. The number of piperidine rings is 1. The van der Waals surface area contributed by atoms with Gasteiger partial charge < -0.3 is 10.2 Å². The number of nitrogens with zero attached hydrogens (tertiary/aromatic N) is 4. The number of likely N-dealkylation sites (tertiary alicyclic amines) is 1. The fourth-order valence-corrected chi connectivity index (χ4v) is 3.47. The average molecular weight is 317 g/mol. The van der Waals surface area contributed by atoms with Gasteiger partial charge >= 0.3 is 0 Å². The van der Waals surface area contributed by atoms with E-state index < -0.39 is 0 Å². The number of hydrogen-bond acceptors (Lipinski definition) is 6. The van der Waals surface area contributed by atoms with Crippen LogP contribution < -0.4 is 5.32 Å². The third-order valence-electron chi connectivity index (χ3n) is 3.81. The van der Waals surface area contributed by atoms with Crippen molar-refractivity contribution in [3.8, 4) is 0 Å². The number of anilines is 2. The van der Waals surface area contributed by atoms with Crippen LogP contribution in [-0.4, -0.2) is 38.8 Å². The first kappa shape index (κ1) is 14.9. The molecule has 1 N–H and O–H groups in total. The number of hydrogen-bond donors (Lipinski definition) is 1. The molecule has 6 nitrogen and oxygen atoms in total. The highest BCUT2D eigenvalue weighted by molar-refractivity contribution is 7.13. The standard InChI is InChI=1S/C15H19N5OS/c1-2-14(21)20-7-3-4-11(9-20)12-10-22-15(18-12)19-13-8-16-5-6-17-13/h5-6,8,10-11H,2-4,7,9H2,1H3,(H,17,18,19). The van der Waals surface area contributed by atoms with Crippen molar-refractivity contribution in [1.29, 1.82) is 0 Å². The van der Waals surface area contributed by atoms with Gasteiger partial charge in [-0.25, -0.2) is 9.97 Å². The van der Waals surface area contributed by atoms with Gasteiger partial charge in [0.05, 0.1) is 11.9 Å². The number of nitrogens with one attached hydrogen (secondary N) is 1. The summed E-state index contributed by atoms with van der Waals surface area (Å²) in [5.74, 6) is 1.26. The second-order valence-corrected chi connectivity index (χ2v) is 6.18. The zero-order chi connectivity index (χ0) is 15.4. The van der Waals surface area contributed by atoms with Crippen LogP contribution >= 0.6 is 11.3 Å². The van der Waals surface area contributed by atoms with E-state index in [4.69, 9.17) is 0 Å². The summed E-state index contributed by atoms with van der Waals surface area (Å²) in [5.41, 5.74) is 1.06. The predicted molar refractivity (Wildman–Crippen MR) is 86.3 cm³/mol. The number of aromatic nitrogens is 3. The van der Waals surface area contributed by atoms with Crippen LogP contribution in [0.15, 0.2) is 24.0 Å². The van der Waals surface area contributed by atoms with Gasteiger partial charge in [-0.05, 0) is 12.8 Å². The summed E-state index contributed by atoms with van der Waals surface area (Å²) in [6.45, 7) is 3.57. The smallest absolute Gasteiger partial charge is 0.222 e. The minimum absolute atomic E-state index is 0.234. The van der Waals surface area contributed by atoms with E-state index in [2.05, 4.69) is 25.6 Å². The first-order valence-corrected chi connectivity index (χ1v) is 8.40. The van der Waals surface area contributed by atoms with Gasteiger partial charge in [-0.3, -0.25) is 9.78 Å². The zero-order valence-electron chi connectivity index (χ0n) is 12.5. The van der Waals surface area contributed by atoms with Crippen LogP contribution in [0.4, 0.5) is 10.9 Å². The van der Waals surface area contributed by atoms with Crippen LogP contribution in [0.25, 0.3) is 0 Å². The summed E-state index contributed by atoms with van der Waals surface area (Å²) in [7, 11) is 0. The van der Waals surface area contributed by atoms with Gasteiger partial charge in [-0.2, -0.15) is 0 Å². The van der Waals surface area contributed by atoms with E-state index in [1.165, 1.54) is 0 Å². The quantitative estimate of drug-likeness (QED) is 0.939. The largest absolute Gasteiger partial charge is 0.342 e. The van der Waals surface area contributed by atoms with Crippen molar-refractivity contribution in [3.63, 3.8) is 0 Å². The van der Waals surface area contributed by atoms with E-state index in [9.17, 15) is 4.79 Å².